The van der Waals surface area contributed by atoms with Crippen molar-refractivity contribution in [3.8, 4) is 45.8 Å². The molecule has 0 bridgehead atoms. The molecule has 7 nitrogen and oxygen atoms in total. The number of aromatic nitrogens is 3. The summed E-state index contributed by atoms with van der Waals surface area (Å²) in [7, 11) is 0. The van der Waals surface area contributed by atoms with Crippen molar-refractivity contribution in [3.05, 3.63) is 41.7 Å². The highest BCUT2D eigenvalue weighted by atomic mass is 35.5. The molecule has 116 valence electrons. The molecule has 0 unspecified atom stereocenters. The van der Waals surface area contributed by atoms with Gasteiger partial charge >= 0.3 is 0 Å². The molecular formula is C15H10ClN3O4. The van der Waals surface area contributed by atoms with Gasteiger partial charge in [0.25, 0.3) is 0 Å². The molecule has 0 aliphatic carbocycles. The van der Waals surface area contributed by atoms with Crippen LogP contribution in [0.15, 0.2) is 36.4 Å². The van der Waals surface area contributed by atoms with Gasteiger partial charge in [-0.15, -0.1) is 0 Å². The molecule has 23 heavy (non-hydrogen) atoms. The molecule has 3 aromatic rings. The minimum atomic E-state index is -0.229. The smallest absolute Gasteiger partial charge is 0.226 e. The van der Waals surface area contributed by atoms with E-state index in [1.807, 2.05) is 0 Å². The molecule has 0 aliphatic rings. The van der Waals surface area contributed by atoms with E-state index in [0.717, 1.165) is 12.1 Å². The summed E-state index contributed by atoms with van der Waals surface area (Å²) in [5.41, 5.74) is 0.484. The van der Waals surface area contributed by atoms with Crippen LogP contribution in [0.3, 0.4) is 0 Å². The first-order valence-corrected chi connectivity index (χ1v) is 6.78. The van der Waals surface area contributed by atoms with Gasteiger partial charge in [0.1, 0.15) is 23.0 Å². The van der Waals surface area contributed by atoms with Crippen molar-refractivity contribution < 1.29 is 20.4 Å². The topological polar surface area (TPSA) is 120 Å². The van der Waals surface area contributed by atoms with Gasteiger partial charge < -0.3 is 20.4 Å². The van der Waals surface area contributed by atoms with Crippen LogP contribution in [0.25, 0.3) is 22.8 Å². The molecule has 0 aliphatic heterocycles. The standard InChI is InChI=1S/C15H10ClN3O4/c16-15-18-13(9-3-1-7(20)5-11(9)22)17-14(19-15)10-4-2-8(21)6-12(10)23/h1-6,20-23H. The van der Waals surface area contributed by atoms with Gasteiger partial charge in [0, 0.05) is 12.1 Å². The number of hydrogen-bond acceptors (Lipinski definition) is 7. The SMILES string of the molecule is Oc1ccc(-c2nc(Cl)nc(-c3ccc(O)cc3O)n2)c(O)c1. The fourth-order valence-electron chi connectivity index (χ4n) is 2.01. The molecule has 0 saturated heterocycles. The number of hydrogen-bond donors (Lipinski definition) is 4. The number of rotatable bonds is 2. The number of aromatic hydroxyl groups is 4. The van der Waals surface area contributed by atoms with Crippen molar-refractivity contribution in [2.45, 2.75) is 0 Å². The third kappa shape index (κ3) is 2.95. The predicted octanol–water partition coefficient (Wildman–Crippen LogP) is 2.68. The lowest BCUT2D eigenvalue weighted by molar-refractivity contribution is 0.451. The molecule has 0 saturated carbocycles. The Morgan fingerprint density at radius 3 is 1.48 bits per heavy atom. The summed E-state index contributed by atoms with van der Waals surface area (Å²) in [4.78, 5) is 12.0. The van der Waals surface area contributed by atoms with E-state index in [0.29, 0.717) is 0 Å². The normalized spacial score (nSPS) is 10.7. The monoisotopic (exact) mass is 331 g/mol. The van der Waals surface area contributed by atoms with Gasteiger partial charge in [0.2, 0.25) is 5.28 Å². The summed E-state index contributed by atoms with van der Waals surface area (Å²) in [6.45, 7) is 0. The quantitative estimate of drug-likeness (QED) is 0.569. The van der Waals surface area contributed by atoms with E-state index < -0.39 is 0 Å². The molecular weight excluding hydrogens is 322 g/mol. The van der Waals surface area contributed by atoms with Crippen LogP contribution in [0.4, 0.5) is 0 Å². The van der Waals surface area contributed by atoms with Gasteiger partial charge in [-0.3, -0.25) is 0 Å². The van der Waals surface area contributed by atoms with Crippen LogP contribution in [-0.4, -0.2) is 35.4 Å². The molecule has 0 radical (unpaired) electrons. The van der Waals surface area contributed by atoms with E-state index in [9.17, 15) is 20.4 Å². The molecule has 1 heterocycles. The average molecular weight is 332 g/mol. The van der Waals surface area contributed by atoms with Crippen LogP contribution >= 0.6 is 11.6 Å². The first-order chi connectivity index (χ1) is 10.9. The van der Waals surface area contributed by atoms with E-state index in [2.05, 4.69) is 15.0 Å². The number of phenols is 4. The third-order valence-electron chi connectivity index (χ3n) is 3.05. The molecule has 4 N–H and O–H groups in total. The van der Waals surface area contributed by atoms with E-state index >= 15 is 0 Å². The fraction of sp³-hybridized carbons (Fsp3) is 0. The largest absolute Gasteiger partial charge is 0.508 e. The summed E-state index contributed by atoms with van der Waals surface area (Å²) in [5.74, 6) is -0.526. The van der Waals surface area contributed by atoms with Crippen LogP contribution in [0.2, 0.25) is 5.28 Å². The van der Waals surface area contributed by atoms with Gasteiger partial charge in [-0.2, -0.15) is 9.97 Å². The molecule has 0 spiro atoms. The zero-order valence-electron chi connectivity index (χ0n) is 11.5. The number of phenolic OH excluding ortho intramolecular Hbond substituents is 4. The Labute approximate surface area is 135 Å². The minimum absolute atomic E-state index is 0.0741. The summed E-state index contributed by atoms with van der Waals surface area (Å²) in [6, 6.07) is 7.87. The van der Waals surface area contributed by atoms with Gasteiger partial charge in [-0.05, 0) is 35.9 Å². The van der Waals surface area contributed by atoms with Crippen LogP contribution in [0.1, 0.15) is 0 Å². The van der Waals surface area contributed by atoms with Crippen LogP contribution < -0.4 is 0 Å². The van der Waals surface area contributed by atoms with Gasteiger partial charge in [-0.25, -0.2) is 4.98 Å². The van der Waals surface area contributed by atoms with Crippen LogP contribution in [0.5, 0.6) is 23.0 Å². The maximum atomic E-state index is 9.90. The highest BCUT2D eigenvalue weighted by molar-refractivity contribution is 6.28. The van der Waals surface area contributed by atoms with Crippen LogP contribution in [-0.2, 0) is 0 Å². The Morgan fingerprint density at radius 1 is 0.652 bits per heavy atom. The Balaban J connectivity index is 2.16. The summed E-state index contributed by atoms with van der Waals surface area (Å²) in [6.07, 6.45) is 0. The Morgan fingerprint density at radius 2 is 1.09 bits per heavy atom. The van der Waals surface area contributed by atoms with E-state index in [1.54, 1.807) is 0 Å². The highest BCUT2D eigenvalue weighted by Gasteiger charge is 2.15. The summed E-state index contributed by atoms with van der Waals surface area (Å²) >= 11 is 5.89. The Bertz CT molecular complexity index is 832. The zero-order valence-corrected chi connectivity index (χ0v) is 12.2. The minimum Gasteiger partial charge on any atom is -0.508 e. The maximum absolute atomic E-state index is 9.90. The van der Waals surface area contributed by atoms with Gasteiger partial charge in [0.05, 0.1) is 11.1 Å². The predicted molar refractivity (Wildman–Crippen MR) is 82.4 cm³/mol. The van der Waals surface area contributed by atoms with Crippen molar-refractivity contribution in [2.24, 2.45) is 0 Å². The van der Waals surface area contributed by atoms with Crippen molar-refractivity contribution in [1.29, 1.82) is 0 Å². The van der Waals surface area contributed by atoms with E-state index in [1.165, 1.54) is 24.3 Å². The van der Waals surface area contributed by atoms with E-state index in [-0.39, 0.29) is 51.1 Å². The fourth-order valence-corrected chi connectivity index (χ4v) is 2.17. The average Bonchev–Trinajstić information content (AvgIpc) is 2.46. The second-order valence-corrected chi connectivity index (χ2v) is 4.99. The molecule has 8 heteroatoms. The van der Waals surface area contributed by atoms with Crippen molar-refractivity contribution in [2.75, 3.05) is 0 Å². The van der Waals surface area contributed by atoms with Gasteiger partial charge in [0.15, 0.2) is 11.6 Å². The third-order valence-corrected chi connectivity index (χ3v) is 3.22. The second-order valence-electron chi connectivity index (χ2n) is 4.65. The summed E-state index contributed by atoms with van der Waals surface area (Å²) in [5, 5.41) is 38.3. The molecule has 3 rings (SSSR count). The maximum Gasteiger partial charge on any atom is 0.226 e. The first-order valence-electron chi connectivity index (χ1n) is 6.40. The molecule has 2 aromatic carbocycles. The summed E-state index contributed by atoms with van der Waals surface area (Å²) < 4.78 is 0. The van der Waals surface area contributed by atoms with Crippen molar-refractivity contribution >= 4 is 11.6 Å². The van der Waals surface area contributed by atoms with Crippen LogP contribution in [0, 0.1) is 0 Å². The molecule has 1 aromatic heterocycles. The zero-order chi connectivity index (χ0) is 16.6. The van der Waals surface area contributed by atoms with E-state index in [4.69, 9.17) is 11.6 Å². The number of nitrogens with zero attached hydrogens (tertiary/aromatic N) is 3. The van der Waals surface area contributed by atoms with Crippen molar-refractivity contribution in [3.63, 3.8) is 0 Å². The van der Waals surface area contributed by atoms with Gasteiger partial charge in [-0.1, -0.05) is 0 Å². The lowest BCUT2D eigenvalue weighted by Gasteiger charge is -2.08. The molecule has 0 fully saturated rings. The number of halogens is 1. The first kappa shape index (κ1) is 14.9. The van der Waals surface area contributed by atoms with Crippen molar-refractivity contribution in [1.82, 2.24) is 15.0 Å². The lowest BCUT2D eigenvalue weighted by Crippen LogP contribution is -1.97. The lowest BCUT2D eigenvalue weighted by atomic mass is 10.1. The molecule has 0 amide bonds. The Kier molecular flexibility index (Phi) is 3.63. The number of benzene rings is 2. The second kappa shape index (κ2) is 5.62. The highest BCUT2D eigenvalue weighted by Crippen LogP contribution is 2.34. The molecule has 0 atom stereocenters. The Hall–Kier alpha value is -3.06.